The lowest BCUT2D eigenvalue weighted by Gasteiger charge is -2.13. The number of halogens is 1. The molecule has 0 spiro atoms. The molecule has 1 aliphatic rings. The summed E-state index contributed by atoms with van der Waals surface area (Å²) in [6, 6.07) is 0. The van der Waals surface area contributed by atoms with Gasteiger partial charge >= 0.3 is 0 Å². The number of rotatable bonds is 1. The molecule has 3 nitrogen and oxygen atoms in total. The molecule has 0 amide bonds. The van der Waals surface area contributed by atoms with Crippen molar-refractivity contribution in [3.05, 3.63) is 17.0 Å². The molecular weight excluding hydrogens is 178 g/mol. The highest BCUT2D eigenvalue weighted by atomic mass is 35.5. The monoisotopic (exact) mass is 187 g/mol. The molecule has 0 aliphatic carbocycles. The second-order valence-corrected chi connectivity index (χ2v) is 3.64. The van der Waals surface area contributed by atoms with Crippen molar-refractivity contribution in [2.24, 2.45) is 0 Å². The first kappa shape index (κ1) is 8.08. The minimum atomic E-state index is -0.341. The molecule has 1 aromatic rings. The summed E-state index contributed by atoms with van der Waals surface area (Å²) < 4.78 is 10.7. The normalized spacial score (nSPS) is 19.6. The molecule has 0 saturated carbocycles. The molecule has 12 heavy (non-hydrogen) atoms. The van der Waals surface area contributed by atoms with Crippen molar-refractivity contribution in [2.75, 3.05) is 0 Å². The van der Waals surface area contributed by atoms with Gasteiger partial charge < -0.3 is 9.26 Å². The highest BCUT2D eigenvalue weighted by molar-refractivity contribution is 6.17. The van der Waals surface area contributed by atoms with E-state index in [2.05, 4.69) is 5.16 Å². The van der Waals surface area contributed by atoms with Gasteiger partial charge in [-0.3, -0.25) is 0 Å². The predicted octanol–water partition coefficient (Wildman–Crippen LogP) is 2.18. The Morgan fingerprint density at radius 2 is 2.33 bits per heavy atom. The molecule has 2 heterocycles. The van der Waals surface area contributed by atoms with E-state index in [0.717, 1.165) is 17.0 Å². The molecule has 0 aromatic carbocycles. The zero-order chi connectivity index (χ0) is 8.77. The summed E-state index contributed by atoms with van der Waals surface area (Å²) in [6.45, 7) is 4.48. The number of aromatic nitrogens is 1. The maximum atomic E-state index is 5.67. The van der Waals surface area contributed by atoms with E-state index >= 15 is 0 Å². The molecule has 4 heteroatoms. The number of fused-ring (bicyclic) bond motifs is 1. The number of ether oxygens (including phenoxy) is 1. The maximum absolute atomic E-state index is 5.67. The van der Waals surface area contributed by atoms with Crippen LogP contribution >= 0.6 is 11.6 Å². The number of nitrogens with zero attached hydrogens (tertiary/aromatic N) is 1. The van der Waals surface area contributed by atoms with Gasteiger partial charge in [0.2, 0.25) is 0 Å². The molecule has 0 radical (unpaired) electrons. The van der Waals surface area contributed by atoms with Crippen LogP contribution in [0.2, 0.25) is 0 Å². The molecule has 0 N–H and O–H groups in total. The third-order valence-electron chi connectivity index (χ3n) is 2.12. The van der Waals surface area contributed by atoms with E-state index in [0.29, 0.717) is 12.5 Å². The van der Waals surface area contributed by atoms with Crippen molar-refractivity contribution in [3.8, 4) is 0 Å². The molecule has 0 atom stereocenters. The van der Waals surface area contributed by atoms with Gasteiger partial charge in [0.15, 0.2) is 5.76 Å². The van der Waals surface area contributed by atoms with Gasteiger partial charge in [-0.1, -0.05) is 5.16 Å². The van der Waals surface area contributed by atoms with Crippen molar-refractivity contribution in [1.82, 2.24) is 5.16 Å². The van der Waals surface area contributed by atoms with Gasteiger partial charge in [0, 0.05) is 5.56 Å². The molecule has 1 aliphatic heterocycles. The average molecular weight is 188 g/mol. The highest BCUT2D eigenvalue weighted by Crippen LogP contribution is 2.37. The Balaban J connectivity index is 2.49. The van der Waals surface area contributed by atoms with Crippen LogP contribution < -0.4 is 0 Å². The summed E-state index contributed by atoms with van der Waals surface area (Å²) >= 11 is 5.67. The third kappa shape index (κ3) is 0.967. The van der Waals surface area contributed by atoms with Crippen molar-refractivity contribution in [2.45, 2.75) is 31.9 Å². The van der Waals surface area contributed by atoms with Gasteiger partial charge in [0.25, 0.3) is 0 Å². The first-order valence-corrected chi connectivity index (χ1v) is 4.36. The van der Waals surface area contributed by atoms with E-state index < -0.39 is 0 Å². The first-order valence-electron chi connectivity index (χ1n) is 3.83. The standard InChI is InChI=1S/C8H10ClNO2/c1-8(2)7-5(4-11-8)6(3-9)10-12-7/h3-4H2,1-2H3. The van der Waals surface area contributed by atoms with Gasteiger partial charge in [-0.05, 0) is 13.8 Å². The van der Waals surface area contributed by atoms with Gasteiger partial charge in [0.1, 0.15) is 11.3 Å². The molecule has 0 saturated heterocycles. The van der Waals surface area contributed by atoms with E-state index in [1.165, 1.54) is 0 Å². The lowest BCUT2D eigenvalue weighted by molar-refractivity contribution is -0.0246. The van der Waals surface area contributed by atoms with Crippen molar-refractivity contribution in [3.63, 3.8) is 0 Å². The smallest absolute Gasteiger partial charge is 0.173 e. The maximum Gasteiger partial charge on any atom is 0.173 e. The van der Waals surface area contributed by atoms with E-state index in [9.17, 15) is 0 Å². The Morgan fingerprint density at radius 3 is 3.00 bits per heavy atom. The number of hydrogen-bond acceptors (Lipinski definition) is 3. The van der Waals surface area contributed by atoms with Crippen LogP contribution in [0.3, 0.4) is 0 Å². The van der Waals surface area contributed by atoms with E-state index in [1.807, 2.05) is 13.8 Å². The SMILES string of the molecule is CC1(C)OCc2c(CCl)noc21. The largest absolute Gasteiger partial charge is 0.363 e. The van der Waals surface area contributed by atoms with Crippen LogP contribution in [0.5, 0.6) is 0 Å². The Labute approximate surface area is 75.6 Å². The molecule has 0 bridgehead atoms. The second-order valence-electron chi connectivity index (χ2n) is 3.37. The minimum Gasteiger partial charge on any atom is -0.363 e. The third-order valence-corrected chi connectivity index (χ3v) is 2.37. The zero-order valence-electron chi connectivity index (χ0n) is 7.06. The van der Waals surface area contributed by atoms with Gasteiger partial charge in [0.05, 0.1) is 12.5 Å². The molecule has 0 fully saturated rings. The van der Waals surface area contributed by atoms with Crippen LogP contribution in [0.25, 0.3) is 0 Å². The quantitative estimate of drug-likeness (QED) is 0.633. The Hall–Kier alpha value is -0.540. The van der Waals surface area contributed by atoms with Crippen molar-refractivity contribution < 1.29 is 9.26 Å². The number of alkyl halides is 1. The van der Waals surface area contributed by atoms with E-state index in [4.69, 9.17) is 20.9 Å². The average Bonchev–Trinajstić information content (AvgIpc) is 2.53. The Morgan fingerprint density at radius 1 is 1.58 bits per heavy atom. The summed E-state index contributed by atoms with van der Waals surface area (Å²) in [4.78, 5) is 0. The zero-order valence-corrected chi connectivity index (χ0v) is 7.81. The highest BCUT2D eigenvalue weighted by Gasteiger charge is 2.37. The van der Waals surface area contributed by atoms with Crippen LogP contribution in [-0.2, 0) is 22.8 Å². The van der Waals surface area contributed by atoms with Gasteiger partial charge in [-0.2, -0.15) is 0 Å². The fourth-order valence-electron chi connectivity index (χ4n) is 1.39. The van der Waals surface area contributed by atoms with Crippen LogP contribution in [-0.4, -0.2) is 5.16 Å². The summed E-state index contributed by atoms with van der Waals surface area (Å²) in [7, 11) is 0. The predicted molar refractivity (Wildman–Crippen MR) is 43.9 cm³/mol. The molecule has 1 aromatic heterocycles. The Kier molecular flexibility index (Phi) is 1.66. The summed E-state index contributed by atoms with van der Waals surface area (Å²) in [5.41, 5.74) is 1.49. The van der Waals surface area contributed by atoms with Gasteiger partial charge in [-0.25, -0.2) is 0 Å². The van der Waals surface area contributed by atoms with Crippen LogP contribution in [0.15, 0.2) is 4.52 Å². The summed E-state index contributed by atoms with van der Waals surface area (Å²) in [6.07, 6.45) is 0. The fraction of sp³-hybridized carbons (Fsp3) is 0.625. The Bertz CT molecular complexity index is 306. The van der Waals surface area contributed by atoms with Crippen molar-refractivity contribution >= 4 is 11.6 Å². The van der Waals surface area contributed by atoms with Crippen molar-refractivity contribution in [1.29, 1.82) is 0 Å². The van der Waals surface area contributed by atoms with E-state index in [1.54, 1.807) is 0 Å². The summed E-state index contributed by atoms with van der Waals surface area (Å²) in [5.74, 6) is 1.20. The first-order chi connectivity index (χ1) is 5.65. The second kappa shape index (κ2) is 2.47. The van der Waals surface area contributed by atoms with E-state index in [-0.39, 0.29) is 5.60 Å². The fourth-order valence-corrected chi connectivity index (χ4v) is 1.60. The van der Waals surface area contributed by atoms with Gasteiger partial charge in [-0.15, -0.1) is 11.6 Å². The lowest BCUT2D eigenvalue weighted by atomic mass is 10.0. The molecular formula is C8H10ClNO2. The topological polar surface area (TPSA) is 35.3 Å². The molecule has 2 rings (SSSR count). The molecule has 66 valence electrons. The molecule has 0 unspecified atom stereocenters. The van der Waals surface area contributed by atoms with Crippen LogP contribution in [0.4, 0.5) is 0 Å². The van der Waals surface area contributed by atoms with Crippen LogP contribution in [0, 0.1) is 0 Å². The number of hydrogen-bond donors (Lipinski definition) is 0. The van der Waals surface area contributed by atoms with Crippen LogP contribution in [0.1, 0.15) is 30.9 Å². The summed E-state index contributed by atoms with van der Waals surface area (Å²) in [5, 5.41) is 3.86. The lowest BCUT2D eigenvalue weighted by Crippen LogP contribution is -2.13. The minimum absolute atomic E-state index is 0.341.